The fourth-order valence-electron chi connectivity index (χ4n) is 1.39. The lowest BCUT2D eigenvalue weighted by atomic mass is 10.6. The Kier molecular flexibility index (Phi) is 1.38. The van der Waals surface area contributed by atoms with Crippen molar-refractivity contribution in [2.75, 3.05) is 0 Å². The van der Waals surface area contributed by atoms with Crippen molar-refractivity contribution < 1.29 is 0 Å². The summed E-state index contributed by atoms with van der Waals surface area (Å²) in [5, 5.41) is 0. The predicted molar refractivity (Wildman–Crippen MR) is 50.6 cm³/mol. The van der Waals surface area contributed by atoms with Crippen LogP contribution in [0.1, 0.15) is 0 Å². The van der Waals surface area contributed by atoms with E-state index in [0.29, 0.717) is 0 Å². The molecule has 0 aromatic carbocycles. The largest absolute Gasteiger partial charge is 0.261 e. The van der Waals surface area contributed by atoms with Crippen LogP contribution < -0.4 is 0 Å². The van der Waals surface area contributed by atoms with Crippen LogP contribution in [0.25, 0.3) is 11.2 Å². The quantitative estimate of drug-likeness (QED) is 0.566. The van der Waals surface area contributed by atoms with E-state index in [1.807, 2.05) is 33.9 Å². The number of hydrogen-bond acceptors (Lipinski definition) is 3. The van der Waals surface area contributed by atoms with Crippen molar-refractivity contribution in [2.45, 2.75) is 0 Å². The molecule has 68 valence electrons. The molecule has 0 unspecified atom stereocenters. The summed E-state index contributed by atoms with van der Waals surface area (Å²) in [5.41, 5.74) is 1.59. The molecule has 0 fully saturated rings. The zero-order valence-electron chi connectivity index (χ0n) is 7.28. The topological polar surface area (TPSA) is 48.5 Å². The number of aromatic nitrogens is 5. The third kappa shape index (κ3) is 0.922. The van der Waals surface area contributed by atoms with Crippen LogP contribution >= 0.6 is 0 Å². The first-order chi connectivity index (χ1) is 6.95. The van der Waals surface area contributed by atoms with Gasteiger partial charge in [0.1, 0.15) is 18.2 Å². The maximum absolute atomic E-state index is 4.19. The maximum Gasteiger partial charge on any atom is 0.182 e. The van der Waals surface area contributed by atoms with Crippen LogP contribution in [0.5, 0.6) is 0 Å². The molecule has 3 aromatic rings. The highest BCUT2D eigenvalue weighted by molar-refractivity contribution is 5.68. The van der Waals surface area contributed by atoms with Crippen LogP contribution in [0, 0.1) is 0 Å². The Balaban J connectivity index is 2.33. The van der Waals surface area contributed by atoms with Gasteiger partial charge in [-0.2, -0.15) is 0 Å². The number of rotatable bonds is 1. The van der Waals surface area contributed by atoms with Crippen LogP contribution in [0.3, 0.4) is 0 Å². The number of fused-ring (bicyclic) bond motifs is 1. The minimum atomic E-state index is 0.793. The molecule has 0 atom stereocenters. The lowest BCUT2D eigenvalue weighted by Crippen LogP contribution is -2.04. The first-order valence-corrected chi connectivity index (χ1v) is 4.22. The molecule has 0 radical (unpaired) electrons. The average Bonchev–Trinajstić information content (AvgIpc) is 2.85. The van der Waals surface area contributed by atoms with Crippen LogP contribution in [-0.4, -0.2) is 24.3 Å². The molecule has 0 spiro atoms. The number of hydrogen-bond donors (Lipinski definition) is 0. The van der Waals surface area contributed by atoms with Gasteiger partial charge in [-0.1, -0.05) is 0 Å². The molecule has 0 aliphatic rings. The normalized spacial score (nSPS) is 10.9. The highest BCUT2D eigenvalue weighted by atomic mass is 15.5. The summed E-state index contributed by atoms with van der Waals surface area (Å²) < 4.78 is 3.76. The fraction of sp³-hybridized carbons (Fsp3) is 0. The third-order valence-electron chi connectivity index (χ3n) is 2.03. The highest BCUT2D eigenvalue weighted by Crippen LogP contribution is 2.07. The van der Waals surface area contributed by atoms with Gasteiger partial charge in [-0.05, 0) is 12.1 Å². The summed E-state index contributed by atoms with van der Waals surface area (Å²) in [4.78, 5) is 12.3. The second-order valence-corrected chi connectivity index (χ2v) is 2.88. The van der Waals surface area contributed by atoms with E-state index in [1.54, 1.807) is 12.5 Å². The predicted octanol–water partition coefficient (Wildman–Crippen LogP) is 0.939. The summed E-state index contributed by atoms with van der Waals surface area (Å²) in [6.07, 6.45) is 8.80. The summed E-state index contributed by atoms with van der Waals surface area (Å²) in [6, 6.07) is 3.90. The van der Waals surface area contributed by atoms with Crippen LogP contribution in [0.15, 0.2) is 43.4 Å². The molecule has 14 heavy (non-hydrogen) atoms. The van der Waals surface area contributed by atoms with Gasteiger partial charge in [0.25, 0.3) is 0 Å². The van der Waals surface area contributed by atoms with Gasteiger partial charge < -0.3 is 0 Å². The molecule has 0 bridgehead atoms. The Hall–Kier alpha value is -2.17. The Labute approximate surface area is 79.6 Å². The van der Waals surface area contributed by atoms with Crippen molar-refractivity contribution in [3.05, 3.63) is 43.4 Å². The number of nitrogens with zero attached hydrogens (tertiary/aromatic N) is 5. The minimum Gasteiger partial charge on any atom is -0.261 e. The Morgan fingerprint density at radius 3 is 2.79 bits per heavy atom. The SMILES string of the molecule is c1ccn(-n2cnc3cncnc32)c1. The van der Waals surface area contributed by atoms with Crippen LogP contribution in [0.4, 0.5) is 0 Å². The molecular formula is C9H7N5. The summed E-state index contributed by atoms with van der Waals surface area (Å²) in [6.45, 7) is 0. The van der Waals surface area contributed by atoms with Crippen LogP contribution in [-0.2, 0) is 0 Å². The van der Waals surface area contributed by atoms with Gasteiger partial charge in [-0.25, -0.2) is 19.6 Å². The Morgan fingerprint density at radius 1 is 1.07 bits per heavy atom. The smallest absolute Gasteiger partial charge is 0.182 e. The maximum atomic E-state index is 4.19. The van der Waals surface area contributed by atoms with Gasteiger partial charge in [-0.15, -0.1) is 0 Å². The summed E-state index contributed by atoms with van der Waals surface area (Å²) >= 11 is 0. The zero-order chi connectivity index (χ0) is 9.38. The van der Waals surface area contributed by atoms with E-state index in [2.05, 4.69) is 15.0 Å². The first-order valence-electron chi connectivity index (χ1n) is 4.22. The monoisotopic (exact) mass is 185 g/mol. The van der Waals surface area contributed by atoms with Gasteiger partial charge >= 0.3 is 0 Å². The molecule has 0 N–H and O–H groups in total. The molecule has 0 aliphatic heterocycles. The molecule has 5 heteroatoms. The minimum absolute atomic E-state index is 0.793. The molecule has 0 saturated carbocycles. The molecule has 3 heterocycles. The van der Waals surface area contributed by atoms with Gasteiger partial charge in [0.15, 0.2) is 5.65 Å². The Morgan fingerprint density at radius 2 is 1.93 bits per heavy atom. The van der Waals surface area contributed by atoms with E-state index in [4.69, 9.17) is 0 Å². The van der Waals surface area contributed by atoms with Crippen molar-refractivity contribution in [1.82, 2.24) is 24.3 Å². The molecule has 0 saturated heterocycles. The van der Waals surface area contributed by atoms with Crippen molar-refractivity contribution in [3.8, 4) is 0 Å². The van der Waals surface area contributed by atoms with E-state index in [1.165, 1.54) is 6.33 Å². The average molecular weight is 185 g/mol. The number of imidazole rings is 1. The van der Waals surface area contributed by atoms with E-state index < -0.39 is 0 Å². The standard InChI is InChI=1S/C9H7N5/c1-2-4-13(3-1)14-7-12-8-5-10-6-11-9(8)14/h1-7H. The van der Waals surface area contributed by atoms with Gasteiger partial charge in [0.05, 0.1) is 6.20 Å². The summed E-state index contributed by atoms with van der Waals surface area (Å²) in [7, 11) is 0. The van der Waals surface area contributed by atoms with Gasteiger partial charge in [0, 0.05) is 12.4 Å². The lowest BCUT2D eigenvalue weighted by Gasteiger charge is -2.02. The molecular weight excluding hydrogens is 178 g/mol. The van der Waals surface area contributed by atoms with Crippen molar-refractivity contribution in [1.29, 1.82) is 0 Å². The molecule has 3 aromatic heterocycles. The summed E-state index contributed by atoms with van der Waals surface area (Å²) in [5.74, 6) is 0. The molecule has 0 amide bonds. The van der Waals surface area contributed by atoms with Gasteiger partial charge in [-0.3, -0.25) is 4.68 Å². The molecule has 3 rings (SSSR count). The molecule has 5 nitrogen and oxygen atoms in total. The van der Waals surface area contributed by atoms with Crippen molar-refractivity contribution in [3.63, 3.8) is 0 Å². The second kappa shape index (κ2) is 2.66. The first kappa shape index (κ1) is 7.25. The Bertz CT molecular complexity index is 551. The van der Waals surface area contributed by atoms with E-state index >= 15 is 0 Å². The van der Waals surface area contributed by atoms with Crippen molar-refractivity contribution in [2.24, 2.45) is 0 Å². The lowest BCUT2D eigenvalue weighted by molar-refractivity contribution is 0.678. The third-order valence-corrected chi connectivity index (χ3v) is 2.03. The zero-order valence-corrected chi connectivity index (χ0v) is 7.28. The molecule has 0 aliphatic carbocycles. The van der Waals surface area contributed by atoms with E-state index in [9.17, 15) is 0 Å². The second-order valence-electron chi connectivity index (χ2n) is 2.88. The highest BCUT2D eigenvalue weighted by Gasteiger charge is 2.02. The van der Waals surface area contributed by atoms with E-state index in [-0.39, 0.29) is 0 Å². The van der Waals surface area contributed by atoms with Gasteiger partial charge in [0.2, 0.25) is 0 Å². The van der Waals surface area contributed by atoms with E-state index in [0.717, 1.165) is 11.2 Å². The van der Waals surface area contributed by atoms with Crippen LogP contribution in [0.2, 0.25) is 0 Å². The fourth-order valence-corrected chi connectivity index (χ4v) is 1.39. The van der Waals surface area contributed by atoms with Crippen molar-refractivity contribution >= 4 is 11.2 Å².